The van der Waals surface area contributed by atoms with Gasteiger partial charge in [-0.05, 0) is 50.2 Å². The third-order valence-corrected chi connectivity index (χ3v) is 2.83. The van der Waals surface area contributed by atoms with Gasteiger partial charge in [-0.1, -0.05) is 17.7 Å². The predicted octanol–water partition coefficient (Wildman–Crippen LogP) is 3.73. The molecule has 1 aromatic carbocycles. The molecule has 0 aliphatic rings. The molecule has 0 saturated carbocycles. The minimum absolute atomic E-state index is 0.525. The first-order valence-electron chi connectivity index (χ1n) is 5.21. The SMILES string of the molecule is Cc1cc(C)c(-c2ccnc(=S)[nH]2)c(C)c1. The lowest BCUT2D eigenvalue weighted by molar-refractivity contribution is 1.13. The molecule has 1 aromatic heterocycles. The minimum Gasteiger partial charge on any atom is -0.330 e. The van der Waals surface area contributed by atoms with E-state index in [9.17, 15) is 0 Å². The Bertz CT molecular complexity index is 561. The molecule has 0 unspecified atom stereocenters. The van der Waals surface area contributed by atoms with Gasteiger partial charge in [0, 0.05) is 17.5 Å². The molecule has 0 aliphatic carbocycles. The van der Waals surface area contributed by atoms with Gasteiger partial charge in [-0.3, -0.25) is 0 Å². The van der Waals surface area contributed by atoms with Crippen LogP contribution in [0.1, 0.15) is 16.7 Å². The molecule has 1 N–H and O–H groups in total. The molecule has 0 bridgehead atoms. The zero-order valence-corrected chi connectivity index (χ0v) is 10.5. The maximum Gasteiger partial charge on any atom is 0.197 e. The Kier molecular flexibility index (Phi) is 2.88. The van der Waals surface area contributed by atoms with Gasteiger partial charge in [0.05, 0.1) is 0 Å². The largest absolute Gasteiger partial charge is 0.330 e. The summed E-state index contributed by atoms with van der Waals surface area (Å²) in [4.78, 5) is 7.13. The number of aryl methyl sites for hydroxylation is 3. The van der Waals surface area contributed by atoms with Gasteiger partial charge in [0.2, 0.25) is 0 Å². The molecule has 0 fully saturated rings. The number of nitrogens with zero attached hydrogens (tertiary/aromatic N) is 1. The third-order valence-electron chi connectivity index (χ3n) is 2.62. The first-order valence-corrected chi connectivity index (χ1v) is 5.62. The Balaban J connectivity index is 2.69. The van der Waals surface area contributed by atoms with Crippen LogP contribution in [0.15, 0.2) is 24.4 Å². The molecule has 2 aromatic rings. The van der Waals surface area contributed by atoms with E-state index in [-0.39, 0.29) is 0 Å². The fraction of sp³-hybridized carbons (Fsp3) is 0.231. The highest BCUT2D eigenvalue weighted by Gasteiger charge is 2.06. The summed E-state index contributed by atoms with van der Waals surface area (Å²) in [6.07, 6.45) is 1.74. The van der Waals surface area contributed by atoms with E-state index >= 15 is 0 Å². The average molecular weight is 230 g/mol. The summed E-state index contributed by atoms with van der Waals surface area (Å²) >= 11 is 5.05. The van der Waals surface area contributed by atoms with Crippen LogP contribution in [0.25, 0.3) is 11.3 Å². The van der Waals surface area contributed by atoms with Crippen LogP contribution < -0.4 is 0 Å². The summed E-state index contributed by atoms with van der Waals surface area (Å²) in [5.41, 5.74) is 6.06. The van der Waals surface area contributed by atoms with Crippen molar-refractivity contribution < 1.29 is 0 Å². The maximum absolute atomic E-state index is 5.05. The average Bonchev–Trinajstić information content (AvgIpc) is 2.15. The van der Waals surface area contributed by atoms with Gasteiger partial charge in [-0.2, -0.15) is 0 Å². The molecule has 0 radical (unpaired) electrons. The topological polar surface area (TPSA) is 28.7 Å². The van der Waals surface area contributed by atoms with Crippen molar-refractivity contribution in [2.75, 3.05) is 0 Å². The molecule has 2 nitrogen and oxygen atoms in total. The molecule has 0 amide bonds. The van der Waals surface area contributed by atoms with E-state index in [0.29, 0.717) is 4.77 Å². The minimum atomic E-state index is 0.525. The highest BCUT2D eigenvalue weighted by atomic mass is 32.1. The Hall–Kier alpha value is -1.48. The fourth-order valence-corrected chi connectivity index (χ4v) is 2.29. The number of hydrogen-bond donors (Lipinski definition) is 1. The van der Waals surface area contributed by atoms with Crippen LogP contribution in [-0.4, -0.2) is 9.97 Å². The summed E-state index contributed by atoms with van der Waals surface area (Å²) in [5, 5.41) is 0. The van der Waals surface area contributed by atoms with Crippen LogP contribution in [0.2, 0.25) is 0 Å². The van der Waals surface area contributed by atoms with E-state index < -0.39 is 0 Å². The monoisotopic (exact) mass is 230 g/mol. The highest BCUT2D eigenvalue weighted by Crippen LogP contribution is 2.26. The quantitative estimate of drug-likeness (QED) is 0.756. The predicted molar refractivity (Wildman–Crippen MR) is 69.1 cm³/mol. The van der Waals surface area contributed by atoms with Crippen LogP contribution in [0, 0.1) is 25.5 Å². The molecule has 3 heteroatoms. The Morgan fingerprint density at radius 1 is 1.12 bits per heavy atom. The third kappa shape index (κ3) is 2.04. The molecule has 16 heavy (non-hydrogen) atoms. The lowest BCUT2D eigenvalue weighted by Gasteiger charge is -2.11. The van der Waals surface area contributed by atoms with E-state index in [2.05, 4.69) is 42.9 Å². The number of H-pyrrole nitrogens is 1. The Morgan fingerprint density at radius 3 is 2.31 bits per heavy atom. The van der Waals surface area contributed by atoms with Gasteiger partial charge in [0.1, 0.15) is 0 Å². The van der Waals surface area contributed by atoms with Crippen LogP contribution in [0.3, 0.4) is 0 Å². The van der Waals surface area contributed by atoms with Crippen molar-refractivity contribution in [3.8, 4) is 11.3 Å². The summed E-state index contributed by atoms with van der Waals surface area (Å²) in [6.45, 7) is 6.35. The molecular weight excluding hydrogens is 216 g/mol. The Labute approximate surface area is 100 Å². The standard InChI is InChI=1S/C13H14N2S/c1-8-6-9(2)12(10(3)7-8)11-4-5-14-13(16)15-11/h4-7H,1-3H3,(H,14,15,16). The second-order valence-electron chi connectivity index (χ2n) is 4.06. The van der Waals surface area contributed by atoms with Crippen molar-refractivity contribution in [2.45, 2.75) is 20.8 Å². The van der Waals surface area contributed by atoms with E-state index in [1.165, 1.54) is 22.3 Å². The first-order chi connectivity index (χ1) is 7.58. The summed E-state index contributed by atoms with van der Waals surface area (Å²) < 4.78 is 0.525. The summed E-state index contributed by atoms with van der Waals surface area (Å²) in [6, 6.07) is 6.32. The van der Waals surface area contributed by atoms with Crippen LogP contribution in [0.4, 0.5) is 0 Å². The molecule has 0 aliphatic heterocycles. The maximum atomic E-state index is 5.05. The van der Waals surface area contributed by atoms with Gasteiger partial charge in [-0.25, -0.2) is 4.98 Å². The van der Waals surface area contributed by atoms with Crippen LogP contribution in [0.5, 0.6) is 0 Å². The summed E-state index contributed by atoms with van der Waals surface area (Å²) in [5.74, 6) is 0. The van der Waals surface area contributed by atoms with Crippen molar-refractivity contribution in [2.24, 2.45) is 0 Å². The smallest absolute Gasteiger partial charge is 0.197 e. The zero-order valence-electron chi connectivity index (χ0n) is 9.66. The lowest BCUT2D eigenvalue weighted by atomic mass is 9.97. The molecule has 0 spiro atoms. The zero-order chi connectivity index (χ0) is 11.7. The number of aromatic amines is 1. The normalized spacial score (nSPS) is 10.4. The van der Waals surface area contributed by atoms with Gasteiger partial charge >= 0.3 is 0 Å². The number of hydrogen-bond acceptors (Lipinski definition) is 2. The first kappa shape index (κ1) is 11.0. The molecule has 0 atom stereocenters. The number of aromatic nitrogens is 2. The molecule has 82 valence electrons. The molecular formula is C13H14N2S. The van der Waals surface area contributed by atoms with Gasteiger partial charge in [0.25, 0.3) is 0 Å². The van der Waals surface area contributed by atoms with Crippen molar-refractivity contribution in [3.05, 3.63) is 45.9 Å². The highest BCUT2D eigenvalue weighted by molar-refractivity contribution is 7.71. The molecule has 0 saturated heterocycles. The van der Waals surface area contributed by atoms with E-state index in [1.54, 1.807) is 6.20 Å². The van der Waals surface area contributed by atoms with Crippen LogP contribution >= 0.6 is 12.2 Å². The van der Waals surface area contributed by atoms with Crippen LogP contribution in [-0.2, 0) is 0 Å². The number of benzene rings is 1. The second-order valence-corrected chi connectivity index (χ2v) is 4.45. The molecule has 1 heterocycles. The van der Waals surface area contributed by atoms with Crippen molar-refractivity contribution >= 4 is 12.2 Å². The van der Waals surface area contributed by atoms with Gasteiger partial charge in [0.15, 0.2) is 4.77 Å². The fourth-order valence-electron chi connectivity index (χ4n) is 2.12. The van der Waals surface area contributed by atoms with Gasteiger partial charge in [-0.15, -0.1) is 0 Å². The van der Waals surface area contributed by atoms with Crippen molar-refractivity contribution in [1.82, 2.24) is 9.97 Å². The van der Waals surface area contributed by atoms with E-state index in [4.69, 9.17) is 12.2 Å². The second kappa shape index (κ2) is 4.18. The van der Waals surface area contributed by atoms with E-state index in [0.717, 1.165) is 5.69 Å². The molecule has 2 rings (SSSR count). The van der Waals surface area contributed by atoms with E-state index in [1.807, 2.05) is 6.07 Å². The lowest BCUT2D eigenvalue weighted by Crippen LogP contribution is -1.93. The van der Waals surface area contributed by atoms with Gasteiger partial charge < -0.3 is 4.98 Å². The van der Waals surface area contributed by atoms with Crippen molar-refractivity contribution in [3.63, 3.8) is 0 Å². The summed E-state index contributed by atoms with van der Waals surface area (Å²) in [7, 11) is 0. The Morgan fingerprint density at radius 2 is 1.75 bits per heavy atom. The number of nitrogens with one attached hydrogen (secondary N) is 1. The van der Waals surface area contributed by atoms with Crippen molar-refractivity contribution in [1.29, 1.82) is 0 Å². The number of rotatable bonds is 1.